The molecule has 0 aromatic heterocycles. The molecule has 0 rings (SSSR count). The molecule has 0 atom stereocenters. The van der Waals surface area contributed by atoms with E-state index in [-0.39, 0.29) is 39.6 Å². The zero-order valence-electron chi connectivity index (χ0n) is 14.2. The molecular formula is C13H31ClO8P2. The Balaban J connectivity index is -0.000000247. The Hall–Kier alpha value is 0.120. The summed E-state index contributed by atoms with van der Waals surface area (Å²) in [5.41, 5.74) is 0. The van der Waals surface area contributed by atoms with E-state index in [1.54, 1.807) is 9.12 Å². The molecule has 0 saturated carbocycles. The highest BCUT2D eigenvalue weighted by Gasteiger charge is 2.25. The normalized spacial score (nSPS) is 9.54. The van der Waals surface area contributed by atoms with E-state index in [4.69, 9.17) is 45.1 Å². The quantitative estimate of drug-likeness (QED) is 0.193. The number of phosphoric acid groups is 1. The van der Waals surface area contributed by atoms with E-state index in [2.05, 4.69) is 13.2 Å². The van der Waals surface area contributed by atoms with Crippen molar-refractivity contribution in [3.8, 4) is 0 Å². The first-order chi connectivity index (χ1) is 11.6. The van der Waals surface area contributed by atoms with Gasteiger partial charge >= 0.3 is 7.82 Å². The van der Waals surface area contributed by atoms with Crippen molar-refractivity contribution in [2.24, 2.45) is 0 Å². The van der Waals surface area contributed by atoms with Crippen LogP contribution in [0, 0.1) is 0 Å². The molecule has 0 aromatic carbocycles. The Labute approximate surface area is 152 Å². The molecule has 3 N–H and O–H groups in total. The first-order valence-corrected chi connectivity index (χ1v) is 9.63. The van der Waals surface area contributed by atoms with Gasteiger partial charge in [0.25, 0.3) is 0 Å². The van der Waals surface area contributed by atoms with Crippen molar-refractivity contribution in [1.82, 2.24) is 0 Å². The minimum atomic E-state index is -3.64. The maximum atomic E-state index is 11.9. The third kappa shape index (κ3) is 30.1. The van der Waals surface area contributed by atoms with Crippen LogP contribution in [0.25, 0.3) is 0 Å². The highest BCUT2D eigenvalue weighted by molar-refractivity contribution is 7.48. The molecule has 0 aliphatic carbocycles. The Morgan fingerprint density at radius 1 is 0.875 bits per heavy atom. The van der Waals surface area contributed by atoms with Gasteiger partial charge in [-0.05, 0) is 19.3 Å². The Morgan fingerprint density at radius 3 is 1.25 bits per heavy atom. The lowest BCUT2D eigenvalue weighted by atomic mass is 10.5. The van der Waals surface area contributed by atoms with E-state index in [1.807, 2.05) is 6.92 Å². The van der Waals surface area contributed by atoms with Crippen LogP contribution in [0.4, 0.5) is 0 Å². The van der Waals surface area contributed by atoms with Gasteiger partial charge in [0, 0.05) is 25.7 Å². The predicted octanol–water partition coefficient (Wildman–Crippen LogP) is 2.81. The van der Waals surface area contributed by atoms with Gasteiger partial charge in [-0.2, -0.15) is 0 Å². The fraction of sp³-hybridized carbons (Fsp3) is 0.846. The van der Waals surface area contributed by atoms with Crippen molar-refractivity contribution in [3.05, 3.63) is 13.2 Å². The third-order valence-electron chi connectivity index (χ3n) is 1.66. The summed E-state index contributed by atoms with van der Waals surface area (Å²) in [5.74, 6) is 0.722. The van der Waals surface area contributed by atoms with Crippen molar-refractivity contribution < 1.29 is 38.0 Å². The van der Waals surface area contributed by atoms with Crippen molar-refractivity contribution in [2.75, 3.05) is 45.5 Å². The summed E-state index contributed by atoms with van der Waals surface area (Å²) in [6, 6.07) is 0. The summed E-state index contributed by atoms with van der Waals surface area (Å²) in [6.45, 7) is 7.85. The van der Waals surface area contributed by atoms with Crippen molar-refractivity contribution in [3.63, 3.8) is 0 Å². The van der Waals surface area contributed by atoms with Crippen LogP contribution in [0.1, 0.15) is 26.2 Å². The molecule has 0 saturated heterocycles. The molecule has 0 aromatic rings. The Morgan fingerprint density at radius 2 is 1.08 bits per heavy atom. The molecule has 0 aliphatic rings. The van der Waals surface area contributed by atoms with Gasteiger partial charge in [0.05, 0.1) is 19.8 Å². The fourth-order valence-corrected chi connectivity index (χ4v) is 2.12. The molecule has 148 valence electrons. The average molecular weight is 413 g/mol. The SMILES string of the molecule is C=C.CCCl.O=P.O=P(OCCCO)(OCCCO)OCCCO. The summed E-state index contributed by atoms with van der Waals surface area (Å²) in [6.07, 6.45) is 0.990. The van der Waals surface area contributed by atoms with Gasteiger partial charge in [0.1, 0.15) is 9.12 Å². The molecule has 0 radical (unpaired) electrons. The fourth-order valence-electron chi connectivity index (χ4n) is 0.835. The number of phosphoric ester groups is 1. The van der Waals surface area contributed by atoms with E-state index in [1.165, 1.54) is 0 Å². The molecule has 0 bridgehead atoms. The monoisotopic (exact) mass is 412 g/mol. The van der Waals surface area contributed by atoms with Gasteiger partial charge in [0.2, 0.25) is 0 Å². The first-order valence-electron chi connectivity index (χ1n) is 7.22. The van der Waals surface area contributed by atoms with Crippen LogP contribution in [-0.2, 0) is 22.7 Å². The molecule has 24 heavy (non-hydrogen) atoms. The average Bonchev–Trinajstić information content (AvgIpc) is 2.60. The largest absolute Gasteiger partial charge is 0.474 e. The summed E-state index contributed by atoms with van der Waals surface area (Å²) >= 11 is 5.00. The molecule has 0 spiro atoms. The first kappa shape index (κ1) is 31.8. The van der Waals surface area contributed by atoms with E-state index < -0.39 is 7.82 Å². The maximum Gasteiger partial charge on any atom is 0.474 e. The number of hydrogen-bond acceptors (Lipinski definition) is 8. The molecule has 0 amide bonds. The molecule has 0 aliphatic heterocycles. The molecule has 11 heteroatoms. The Kier molecular flexibility index (Phi) is 41.1. The highest BCUT2D eigenvalue weighted by Crippen LogP contribution is 2.49. The summed E-state index contributed by atoms with van der Waals surface area (Å²) in [4.78, 5) is 0. The van der Waals surface area contributed by atoms with E-state index in [0.717, 1.165) is 5.88 Å². The van der Waals surface area contributed by atoms with Crippen LogP contribution in [0.2, 0.25) is 0 Å². The number of hydrogen-bond donors (Lipinski definition) is 3. The summed E-state index contributed by atoms with van der Waals surface area (Å²) < 4.78 is 34.8. The van der Waals surface area contributed by atoms with Crippen LogP contribution in [0.15, 0.2) is 13.2 Å². The second kappa shape index (κ2) is 30.9. The number of rotatable bonds is 12. The van der Waals surface area contributed by atoms with Crippen LogP contribution in [0.5, 0.6) is 0 Å². The smallest absolute Gasteiger partial charge is 0.396 e. The minimum Gasteiger partial charge on any atom is -0.396 e. The van der Waals surface area contributed by atoms with E-state index >= 15 is 0 Å². The van der Waals surface area contributed by atoms with E-state index in [9.17, 15) is 4.57 Å². The van der Waals surface area contributed by atoms with Crippen LogP contribution >= 0.6 is 28.5 Å². The lowest BCUT2D eigenvalue weighted by Gasteiger charge is -2.17. The molecule has 0 heterocycles. The number of aliphatic hydroxyl groups is 3. The maximum absolute atomic E-state index is 11.9. The minimum absolute atomic E-state index is 0.0615. The second-order valence-electron chi connectivity index (χ2n) is 3.45. The van der Waals surface area contributed by atoms with Gasteiger partial charge in [-0.25, -0.2) is 4.57 Å². The summed E-state index contributed by atoms with van der Waals surface area (Å²) in [7, 11) is -1.92. The molecule has 8 nitrogen and oxygen atoms in total. The standard InChI is InChI=1S/C9H21O7P.C2H5Cl.C2H4.HOP/c10-4-1-7-14-17(13,15-8-2-5-11)16-9-3-6-12;1-2-3;2*1-2/h10-12H,1-9H2;2H2,1H3;1-2H2;2H. The van der Waals surface area contributed by atoms with Gasteiger partial charge in [-0.1, -0.05) is 6.92 Å². The number of halogens is 1. The molecule has 0 unspecified atom stereocenters. The predicted molar refractivity (Wildman–Crippen MR) is 97.2 cm³/mol. The van der Waals surface area contributed by atoms with Gasteiger partial charge < -0.3 is 15.3 Å². The zero-order valence-corrected chi connectivity index (χ0v) is 16.8. The summed E-state index contributed by atoms with van der Waals surface area (Å²) in [5, 5.41) is 25.7. The zero-order chi connectivity index (χ0) is 19.7. The third-order valence-corrected chi connectivity index (χ3v) is 3.15. The van der Waals surface area contributed by atoms with Crippen molar-refractivity contribution in [1.29, 1.82) is 0 Å². The van der Waals surface area contributed by atoms with Crippen LogP contribution in [-0.4, -0.2) is 60.8 Å². The van der Waals surface area contributed by atoms with Gasteiger partial charge in [-0.3, -0.25) is 18.1 Å². The second-order valence-corrected chi connectivity index (χ2v) is 5.65. The molecular weight excluding hydrogens is 382 g/mol. The van der Waals surface area contributed by atoms with Crippen LogP contribution < -0.4 is 0 Å². The highest BCUT2D eigenvalue weighted by atomic mass is 35.5. The molecule has 0 fully saturated rings. The number of aliphatic hydroxyl groups excluding tert-OH is 3. The van der Waals surface area contributed by atoms with Gasteiger partial charge in [-0.15, -0.1) is 24.8 Å². The van der Waals surface area contributed by atoms with Crippen LogP contribution in [0.3, 0.4) is 0 Å². The van der Waals surface area contributed by atoms with E-state index in [0.29, 0.717) is 19.3 Å². The van der Waals surface area contributed by atoms with Crippen molar-refractivity contribution >= 4 is 28.5 Å². The lowest BCUT2D eigenvalue weighted by molar-refractivity contribution is 0.0967. The van der Waals surface area contributed by atoms with Gasteiger partial charge in [0.15, 0.2) is 0 Å². The topological polar surface area (TPSA) is 123 Å². The lowest BCUT2D eigenvalue weighted by Crippen LogP contribution is -2.06. The number of alkyl halides is 1. The Bertz CT molecular complexity index is 227. The van der Waals surface area contributed by atoms with Crippen molar-refractivity contribution in [2.45, 2.75) is 26.2 Å².